The van der Waals surface area contributed by atoms with Gasteiger partial charge in [-0.15, -0.1) is 0 Å². The van der Waals surface area contributed by atoms with E-state index in [0.29, 0.717) is 23.7 Å². The number of hydrogen-bond donors (Lipinski definition) is 4. The lowest BCUT2D eigenvalue weighted by molar-refractivity contribution is 0.0378. The molecule has 0 amide bonds. The summed E-state index contributed by atoms with van der Waals surface area (Å²) < 4.78 is 0. The maximum absolute atomic E-state index is 9.40. The third-order valence-electron chi connectivity index (χ3n) is 6.30. The molecule has 0 spiro atoms. The Morgan fingerprint density at radius 2 is 0.792 bits per heavy atom. The second-order valence-corrected chi connectivity index (χ2v) is 8.32. The molecule has 6 atom stereocenters. The minimum absolute atomic E-state index is 0.167. The predicted octanol–water partition coefficient (Wildman–Crippen LogP) is 3.11. The first-order valence-corrected chi connectivity index (χ1v) is 9.94. The Kier molecular flexibility index (Phi) is 9.80. The molecular formula is C20H40O4. The van der Waals surface area contributed by atoms with E-state index in [1.807, 2.05) is 27.7 Å². The molecule has 0 saturated heterocycles. The molecule has 2 aliphatic rings. The first-order chi connectivity index (χ1) is 11.2. The Labute approximate surface area is 148 Å². The lowest BCUT2D eigenvalue weighted by Gasteiger charge is -2.32. The van der Waals surface area contributed by atoms with Crippen LogP contribution in [-0.4, -0.2) is 44.8 Å². The zero-order chi connectivity index (χ0) is 18.3. The average molecular weight is 345 g/mol. The highest BCUT2D eigenvalue weighted by Gasteiger charge is 2.27. The van der Waals surface area contributed by atoms with Gasteiger partial charge >= 0.3 is 0 Å². The molecule has 0 bridgehead atoms. The number of aliphatic hydroxyl groups excluding tert-OH is 4. The lowest BCUT2D eigenvalue weighted by Crippen LogP contribution is -2.29. The maximum Gasteiger partial charge on any atom is 0.0540 e. The number of rotatable bonds is 4. The van der Waals surface area contributed by atoms with E-state index >= 15 is 0 Å². The standard InChI is InChI=1S/2C10H20O2/c1-7(11)9-3-5-10(6-4-9)8(2)12;1-7(11)9-4-3-5-10(6-9)8(2)12/h2*7-12H,3-6H2,1-2H3. The van der Waals surface area contributed by atoms with Gasteiger partial charge in [0, 0.05) is 0 Å². The molecule has 0 aromatic carbocycles. The van der Waals surface area contributed by atoms with Crippen molar-refractivity contribution in [2.75, 3.05) is 0 Å². The molecule has 0 aliphatic heterocycles. The van der Waals surface area contributed by atoms with E-state index in [9.17, 15) is 20.4 Å². The fraction of sp³-hybridized carbons (Fsp3) is 1.00. The van der Waals surface area contributed by atoms with Gasteiger partial charge in [-0.25, -0.2) is 0 Å². The molecule has 144 valence electrons. The van der Waals surface area contributed by atoms with Crippen molar-refractivity contribution in [2.45, 2.75) is 103 Å². The molecule has 0 aromatic rings. The summed E-state index contributed by atoms with van der Waals surface area (Å²) in [5, 5.41) is 37.5. The lowest BCUT2D eigenvalue weighted by atomic mass is 9.77. The Morgan fingerprint density at radius 1 is 0.500 bits per heavy atom. The second kappa shape index (κ2) is 10.7. The van der Waals surface area contributed by atoms with Crippen LogP contribution in [0.3, 0.4) is 0 Å². The van der Waals surface area contributed by atoms with Crippen molar-refractivity contribution >= 4 is 0 Å². The summed E-state index contributed by atoms with van der Waals surface area (Å²) in [4.78, 5) is 0. The Hall–Kier alpha value is -0.160. The first-order valence-electron chi connectivity index (χ1n) is 9.94. The molecule has 0 heterocycles. The van der Waals surface area contributed by atoms with Gasteiger partial charge in [0.2, 0.25) is 0 Å². The fourth-order valence-electron chi connectivity index (χ4n) is 4.25. The van der Waals surface area contributed by atoms with Gasteiger partial charge in [-0.2, -0.15) is 0 Å². The summed E-state index contributed by atoms with van der Waals surface area (Å²) in [6.07, 6.45) is 7.97. The molecule has 24 heavy (non-hydrogen) atoms. The highest BCUT2D eigenvalue weighted by molar-refractivity contribution is 4.79. The normalized spacial score (nSPS) is 36.0. The summed E-state index contributed by atoms with van der Waals surface area (Å²) in [7, 11) is 0. The first kappa shape index (κ1) is 21.9. The summed E-state index contributed by atoms with van der Waals surface area (Å²) in [6, 6.07) is 0. The van der Waals surface area contributed by atoms with Crippen LogP contribution >= 0.6 is 0 Å². The van der Waals surface area contributed by atoms with Gasteiger partial charge in [-0.1, -0.05) is 6.42 Å². The van der Waals surface area contributed by atoms with Crippen molar-refractivity contribution in [3.8, 4) is 0 Å². The quantitative estimate of drug-likeness (QED) is 0.632. The van der Waals surface area contributed by atoms with Gasteiger partial charge in [0.15, 0.2) is 0 Å². The van der Waals surface area contributed by atoms with E-state index in [-0.39, 0.29) is 24.4 Å². The van der Waals surface area contributed by atoms with Crippen LogP contribution in [0.2, 0.25) is 0 Å². The zero-order valence-electron chi connectivity index (χ0n) is 16.1. The zero-order valence-corrected chi connectivity index (χ0v) is 16.1. The summed E-state index contributed by atoms with van der Waals surface area (Å²) in [5.41, 5.74) is 0. The Balaban J connectivity index is 0.000000240. The van der Waals surface area contributed by atoms with Crippen LogP contribution in [0, 0.1) is 23.7 Å². The minimum atomic E-state index is -0.202. The SMILES string of the molecule is CC(O)C1CCC(C(C)O)CC1.CC(O)C1CCCC(C(C)O)C1. The molecular weight excluding hydrogens is 304 g/mol. The van der Waals surface area contributed by atoms with E-state index in [1.165, 1.54) is 0 Å². The predicted molar refractivity (Wildman–Crippen MR) is 97.6 cm³/mol. The molecule has 4 heteroatoms. The highest BCUT2D eigenvalue weighted by Crippen LogP contribution is 2.33. The summed E-state index contributed by atoms with van der Waals surface area (Å²) in [6.45, 7) is 7.45. The van der Waals surface area contributed by atoms with Gasteiger partial charge in [0.05, 0.1) is 24.4 Å². The molecule has 6 unspecified atom stereocenters. The van der Waals surface area contributed by atoms with Crippen LogP contribution in [0.4, 0.5) is 0 Å². The largest absolute Gasteiger partial charge is 0.393 e. The monoisotopic (exact) mass is 344 g/mol. The molecule has 4 N–H and O–H groups in total. The molecule has 2 aliphatic carbocycles. The Morgan fingerprint density at radius 3 is 1.04 bits per heavy atom. The van der Waals surface area contributed by atoms with Crippen LogP contribution < -0.4 is 0 Å². The second-order valence-electron chi connectivity index (χ2n) is 8.32. The molecule has 0 aromatic heterocycles. The molecule has 2 rings (SSSR count). The molecule has 2 fully saturated rings. The third kappa shape index (κ3) is 7.38. The number of aliphatic hydroxyl groups is 4. The maximum atomic E-state index is 9.40. The van der Waals surface area contributed by atoms with E-state index < -0.39 is 0 Å². The third-order valence-corrected chi connectivity index (χ3v) is 6.30. The van der Waals surface area contributed by atoms with Gasteiger partial charge in [-0.05, 0) is 96.3 Å². The Bertz CT molecular complexity index is 290. The van der Waals surface area contributed by atoms with E-state index in [1.54, 1.807) is 0 Å². The van der Waals surface area contributed by atoms with Gasteiger partial charge in [-0.3, -0.25) is 0 Å². The van der Waals surface area contributed by atoms with Gasteiger partial charge in [0.1, 0.15) is 0 Å². The fourth-order valence-corrected chi connectivity index (χ4v) is 4.25. The molecule has 0 radical (unpaired) electrons. The van der Waals surface area contributed by atoms with E-state index in [0.717, 1.165) is 51.4 Å². The molecule has 2 saturated carbocycles. The van der Waals surface area contributed by atoms with Gasteiger partial charge in [0.25, 0.3) is 0 Å². The smallest absolute Gasteiger partial charge is 0.0540 e. The van der Waals surface area contributed by atoms with Crippen LogP contribution in [-0.2, 0) is 0 Å². The molecule has 4 nitrogen and oxygen atoms in total. The number of hydrogen-bond acceptors (Lipinski definition) is 4. The minimum Gasteiger partial charge on any atom is -0.393 e. The van der Waals surface area contributed by atoms with Crippen molar-refractivity contribution in [3.05, 3.63) is 0 Å². The van der Waals surface area contributed by atoms with Crippen molar-refractivity contribution in [1.29, 1.82) is 0 Å². The highest BCUT2D eigenvalue weighted by atomic mass is 16.3. The van der Waals surface area contributed by atoms with E-state index in [2.05, 4.69) is 0 Å². The van der Waals surface area contributed by atoms with Crippen molar-refractivity contribution in [2.24, 2.45) is 23.7 Å². The van der Waals surface area contributed by atoms with E-state index in [4.69, 9.17) is 0 Å². The van der Waals surface area contributed by atoms with Crippen molar-refractivity contribution < 1.29 is 20.4 Å². The van der Waals surface area contributed by atoms with Crippen LogP contribution in [0.15, 0.2) is 0 Å². The van der Waals surface area contributed by atoms with Crippen molar-refractivity contribution in [1.82, 2.24) is 0 Å². The topological polar surface area (TPSA) is 80.9 Å². The van der Waals surface area contributed by atoms with Gasteiger partial charge < -0.3 is 20.4 Å². The van der Waals surface area contributed by atoms with Crippen LogP contribution in [0.25, 0.3) is 0 Å². The van der Waals surface area contributed by atoms with Crippen molar-refractivity contribution in [3.63, 3.8) is 0 Å². The average Bonchev–Trinajstić information content (AvgIpc) is 2.55. The summed E-state index contributed by atoms with van der Waals surface area (Å²) >= 11 is 0. The summed E-state index contributed by atoms with van der Waals surface area (Å²) in [5.74, 6) is 1.77. The van der Waals surface area contributed by atoms with Crippen LogP contribution in [0.5, 0.6) is 0 Å². The van der Waals surface area contributed by atoms with Crippen LogP contribution in [0.1, 0.15) is 79.1 Å².